The molecule has 2 atom stereocenters. The zero-order valence-electron chi connectivity index (χ0n) is 10.3. The minimum Gasteiger partial charge on any atom is -0.481 e. The highest BCUT2D eigenvalue weighted by molar-refractivity contribution is 8.02. The third-order valence-corrected chi connectivity index (χ3v) is 4.32. The molecule has 0 spiro atoms. The molecule has 1 aliphatic rings. The molecular formula is C14H15FO2S. The molecule has 4 heteroatoms. The van der Waals surface area contributed by atoms with Crippen LogP contribution in [-0.4, -0.2) is 11.1 Å². The summed E-state index contributed by atoms with van der Waals surface area (Å²) in [5.74, 6) is -1.19. The number of hydrogen-bond donors (Lipinski definition) is 1. The average molecular weight is 266 g/mol. The van der Waals surface area contributed by atoms with Crippen LogP contribution in [0.25, 0.3) is 0 Å². The molecule has 0 amide bonds. The molecule has 0 unspecified atom stereocenters. The van der Waals surface area contributed by atoms with Crippen molar-refractivity contribution in [3.8, 4) is 0 Å². The Hall–Kier alpha value is -1.29. The van der Waals surface area contributed by atoms with Crippen molar-refractivity contribution in [1.29, 1.82) is 0 Å². The van der Waals surface area contributed by atoms with Crippen LogP contribution < -0.4 is 0 Å². The van der Waals surface area contributed by atoms with Crippen molar-refractivity contribution in [3.63, 3.8) is 0 Å². The number of benzene rings is 1. The molecule has 0 heterocycles. The maximum Gasteiger partial charge on any atom is 0.307 e. The number of aliphatic carboxylic acids is 1. The lowest BCUT2D eigenvalue weighted by molar-refractivity contribution is -0.139. The molecule has 2 nitrogen and oxygen atoms in total. The first-order valence-electron chi connectivity index (χ1n) is 5.74. The molecule has 2 rings (SSSR count). The number of rotatable bonds is 4. The molecule has 18 heavy (non-hydrogen) atoms. The summed E-state index contributed by atoms with van der Waals surface area (Å²) in [6.45, 7) is 3.92. The van der Waals surface area contributed by atoms with E-state index in [1.54, 1.807) is 12.1 Å². The summed E-state index contributed by atoms with van der Waals surface area (Å²) in [7, 11) is 0. The van der Waals surface area contributed by atoms with Gasteiger partial charge in [-0.15, -0.1) is 0 Å². The summed E-state index contributed by atoms with van der Waals surface area (Å²) >= 11 is 1.47. The zero-order valence-corrected chi connectivity index (χ0v) is 11.1. The van der Waals surface area contributed by atoms with Gasteiger partial charge in [0, 0.05) is 4.90 Å². The summed E-state index contributed by atoms with van der Waals surface area (Å²) in [6.07, 6.45) is 1.94. The quantitative estimate of drug-likeness (QED) is 0.842. The van der Waals surface area contributed by atoms with Gasteiger partial charge >= 0.3 is 5.97 Å². The fourth-order valence-corrected chi connectivity index (χ4v) is 2.92. The van der Waals surface area contributed by atoms with E-state index in [4.69, 9.17) is 5.11 Å². The number of halogens is 1. The van der Waals surface area contributed by atoms with Crippen molar-refractivity contribution < 1.29 is 14.3 Å². The van der Waals surface area contributed by atoms with Crippen LogP contribution in [0.15, 0.2) is 40.6 Å². The third-order valence-electron chi connectivity index (χ3n) is 3.48. The van der Waals surface area contributed by atoms with E-state index in [0.29, 0.717) is 0 Å². The Balaban J connectivity index is 1.93. The van der Waals surface area contributed by atoms with Gasteiger partial charge in [-0.25, -0.2) is 4.39 Å². The Bertz CT molecular complexity index is 479. The number of carboxylic acids is 1. The lowest BCUT2D eigenvalue weighted by Gasteiger charge is -1.97. The van der Waals surface area contributed by atoms with Crippen LogP contribution in [0.5, 0.6) is 0 Å². The van der Waals surface area contributed by atoms with Gasteiger partial charge in [0.15, 0.2) is 0 Å². The van der Waals surface area contributed by atoms with Crippen LogP contribution in [-0.2, 0) is 4.79 Å². The molecule has 1 saturated carbocycles. The second kappa shape index (κ2) is 4.76. The predicted molar refractivity (Wildman–Crippen MR) is 69.8 cm³/mol. The molecule has 0 radical (unpaired) electrons. The van der Waals surface area contributed by atoms with Crippen LogP contribution in [0.1, 0.15) is 13.8 Å². The molecule has 96 valence electrons. The molecular weight excluding hydrogens is 251 g/mol. The van der Waals surface area contributed by atoms with Crippen molar-refractivity contribution in [3.05, 3.63) is 41.6 Å². The smallest absolute Gasteiger partial charge is 0.307 e. The van der Waals surface area contributed by atoms with Gasteiger partial charge in [0.25, 0.3) is 0 Å². The second-order valence-electron chi connectivity index (χ2n) is 5.06. The van der Waals surface area contributed by atoms with Crippen molar-refractivity contribution >= 4 is 17.7 Å². The first-order valence-corrected chi connectivity index (χ1v) is 6.62. The Morgan fingerprint density at radius 3 is 2.50 bits per heavy atom. The van der Waals surface area contributed by atoms with E-state index >= 15 is 0 Å². The summed E-state index contributed by atoms with van der Waals surface area (Å²) < 4.78 is 12.7. The summed E-state index contributed by atoms with van der Waals surface area (Å²) in [5.41, 5.74) is -0.161. The minimum absolute atomic E-state index is 0.0861. The Morgan fingerprint density at radius 1 is 1.39 bits per heavy atom. The maximum atomic E-state index is 12.7. The fourth-order valence-electron chi connectivity index (χ4n) is 2.22. The van der Waals surface area contributed by atoms with Crippen molar-refractivity contribution in [1.82, 2.24) is 0 Å². The van der Waals surface area contributed by atoms with E-state index in [2.05, 4.69) is 0 Å². The van der Waals surface area contributed by atoms with Crippen LogP contribution in [0.3, 0.4) is 0 Å². The van der Waals surface area contributed by atoms with Gasteiger partial charge in [0.2, 0.25) is 0 Å². The maximum absolute atomic E-state index is 12.7. The Labute approximate surface area is 110 Å². The number of hydrogen-bond acceptors (Lipinski definition) is 2. The largest absolute Gasteiger partial charge is 0.481 e. The molecule has 1 N–H and O–H groups in total. The topological polar surface area (TPSA) is 37.3 Å². The molecule has 1 aliphatic carbocycles. The molecule has 1 fully saturated rings. The van der Waals surface area contributed by atoms with Crippen molar-refractivity contribution in [2.75, 3.05) is 0 Å². The SMILES string of the molecule is CC1(C)[C@H](C(=O)O)[C@@H]1C=CSc1ccc(F)cc1. The standard InChI is InChI=1S/C14H15FO2S/c1-14(2)11(12(14)13(16)17)7-8-18-10-5-3-9(15)4-6-10/h3-8,11-12H,1-2H3,(H,16,17)/t11-,12-/m0/s1. The van der Waals surface area contributed by atoms with Crippen molar-refractivity contribution in [2.24, 2.45) is 17.3 Å². The lowest BCUT2D eigenvalue weighted by atomic mass is 10.1. The summed E-state index contributed by atoms with van der Waals surface area (Å²) in [5, 5.41) is 10.9. The van der Waals surface area contributed by atoms with E-state index in [-0.39, 0.29) is 23.1 Å². The molecule has 0 bridgehead atoms. The highest BCUT2D eigenvalue weighted by Crippen LogP contribution is 2.59. The average Bonchev–Trinajstić information content (AvgIpc) is 2.84. The van der Waals surface area contributed by atoms with E-state index in [0.717, 1.165) is 4.90 Å². The van der Waals surface area contributed by atoms with E-state index in [1.807, 2.05) is 25.3 Å². The number of thioether (sulfide) groups is 1. The van der Waals surface area contributed by atoms with Crippen molar-refractivity contribution in [2.45, 2.75) is 18.7 Å². The summed E-state index contributed by atoms with van der Waals surface area (Å²) in [6, 6.07) is 6.24. The second-order valence-corrected chi connectivity index (χ2v) is 6.04. The monoisotopic (exact) mass is 266 g/mol. The minimum atomic E-state index is -0.735. The van der Waals surface area contributed by atoms with Crippen LogP contribution in [0.4, 0.5) is 4.39 Å². The molecule has 1 aromatic carbocycles. The van der Waals surface area contributed by atoms with Gasteiger partial charge in [-0.3, -0.25) is 4.79 Å². The first-order chi connectivity index (χ1) is 8.43. The van der Waals surface area contributed by atoms with Gasteiger partial charge in [0.05, 0.1) is 5.92 Å². The Morgan fingerprint density at radius 2 is 2.00 bits per heavy atom. The van der Waals surface area contributed by atoms with Gasteiger partial charge in [-0.05, 0) is 41.0 Å². The van der Waals surface area contributed by atoms with Crippen LogP contribution in [0, 0.1) is 23.1 Å². The van der Waals surface area contributed by atoms with Gasteiger partial charge in [-0.1, -0.05) is 31.7 Å². The number of carboxylic acid groups (broad SMARTS) is 1. The zero-order chi connectivity index (χ0) is 13.3. The molecule has 1 aromatic rings. The lowest BCUT2D eigenvalue weighted by Crippen LogP contribution is -2.02. The summed E-state index contributed by atoms with van der Waals surface area (Å²) in [4.78, 5) is 11.9. The predicted octanol–water partition coefficient (Wildman–Crippen LogP) is 3.79. The number of allylic oxidation sites excluding steroid dienone is 1. The van der Waals surface area contributed by atoms with Crippen LogP contribution in [0.2, 0.25) is 0 Å². The van der Waals surface area contributed by atoms with Gasteiger partial charge in [-0.2, -0.15) is 0 Å². The molecule has 0 aliphatic heterocycles. The molecule has 0 saturated heterocycles. The molecule has 0 aromatic heterocycles. The first kappa shape index (κ1) is 13.1. The van der Waals surface area contributed by atoms with E-state index < -0.39 is 5.97 Å². The third kappa shape index (κ3) is 2.58. The highest BCUT2D eigenvalue weighted by atomic mass is 32.2. The van der Waals surface area contributed by atoms with E-state index in [1.165, 1.54) is 23.9 Å². The normalized spacial score (nSPS) is 25.3. The highest BCUT2D eigenvalue weighted by Gasteiger charge is 2.60. The number of carbonyl (C=O) groups is 1. The fraction of sp³-hybridized carbons (Fsp3) is 0.357. The Kier molecular flexibility index (Phi) is 3.48. The van der Waals surface area contributed by atoms with E-state index in [9.17, 15) is 9.18 Å². The van der Waals surface area contributed by atoms with Gasteiger partial charge < -0.3 is 5.11 Å². The van der Waals surface area contributed by atoms with Gasteiger partial charge in [0.1, 0.15) is 5.82 Å². The van der Waals surface area contributed by atoms with Crippen LogP contribution >= 0.6 is 11.8 Å².